The zero-order valence-corrected chi connectivity index (χ0v) is 12.0. The molecule has 0 bridgehead atoms. The van der Waals surface area contributed by atoms with Crippen LogP contribution in [-0.4, -0.2) is 16.3 Å². The number of rotatable bonds is 0. The first kappa shape index (κ1) is 15.2. The summed E-state index contributed by atoms with van der Waals surface area (Å²) in [5.74, 6) is 0.211. The Bertz CT molecular complexity index is 243. The average molecular weight is 225 g/mol. The molecule has 0 aromatic rings. The Labute approximate surface area is 101 Å². The molecule has 0 aromatic heterocycles. The van der Waals surface area contributed by atoms with Gasteiger partial charge in [0.05, 0.1) is 0 Å². The summed E-state index contributed by atoms with van der Waals surface area (Å²) in [5, 5.41) is 0. The van der Waals surface area contributed by atoms with Crippen LogP contribution in [0.2, 0.25) is 0 Å². The predicted octanol–water partition coefficient (Wildman–Crippen LogP) is 3.97. The molecule has 0 saturated carbocycles. The molecule has 1 heterocycles. The highest BCUT2D eigenvalue weighted by molar-refractivity contribution is 5.81. The van der Waals surface area contributed by atoms with Gasteiger partial charge in [-0.3, -0.25) is 4.79 Å². The van der Waals surface area contributed by atoms with Gasteiger partial charge in [0.1, 0.15) is 0 Å². The molecule has 0 aromatic carbocycles. The van der Waals surface area contributed by atoms with E-state index in [1.165, 1.54) is 0 Å². The van der Waals surface area contributed by atoms with Gasteiger partial charge in [-0.15, -0.1) is 0 Å². The van der Waals surface area contributed by atoms with Gasteiger partial charge in [-0.05, 0) is 32.6 Å². The quantitative estimate of drug-likeness (QED) is 0.611. The van der Waals surface area contributed by atoms with Gasteiger partial charge in [0, 0.05) is 17.7 Å². The first-order valence-corrected chi connectivity index (χ1v) is 5.94. The lowest BCUT2D eigenvalue weighted by Gasteiger charge is -2.32. The number of likely N-dealkylation sites (tertiary alicyclic amines) is 1. The average Bonchev–Trinajstić information content (AvgIpc) is 2.24. The van der Waals surface area contributed by atoms with E-state index in [2.05, 4.69) is 34.3 Å². The molecule has 2 heteroatoms. The molecule has 16 heavy (non-hydrogen) atoms. The smallest absolute Gasteiger partial charge is 0.227 e. The molecule has 1 aliphatic rings. The van der Waals surface area contributed by atoms with Gasteiger partial charge in [0.15, 0.2) is 0 Å². The summed E-state index contributed by atoms with van der Waals surface area (Å²) in [6, 6.07) is 0. The summed E-state index contributed by atoms with van der Waals surface area (Å²) >= 11 is 0. The van der Waals surface area contributed by atoms with E-state index in [9.17, 15) is 4.79 Å². The fraction of sp³-hybridized carbons (Fsp3) is 0.786. The maximum atomic E-state index is 11.3. The lowest BCUT2D eigenvalue weighted by molar-refractivity contribution is -0.130. The molecule has 0 spiro atoms. The van der Waals surface area contributed by atoms with Crippen molar-refractivity contribution in [2.45, 2.75) is 66.8 Å². The van der Waals surface area contributed by atoms with Crippen LogP contribution >= 0.6 is 0 Å². The van der Waals surface area contributed by atoms with Crippen LogP contribution in [0.15, 0.2) is 12.3 Å². The first-order chi connectivity index (χ1) is 6.93. The summed E-state index contributed by atoms with van der Waals surface area (Å²) in [5.41, 5.74) is 1.37. The minimum atomic E-state index is -0.0926. The number of carbonyl (C=O) groups is 1. The Balaban J connectivity index is 0.000000385. The van der Waals surface area contributed by atoms with Gasteiger partial charge < -0.3 is 4.90 Å². The molecule has 94 valence electrons. The zero-order chi connectivity index (χ0) is 13.1. The van der Waals surface area contributed by atoms with Crippen molar-refractivity contribution < 1.29 is 4.79 Å². The fourth-order valence-corrected chi connectivity index (χ4v) is 1.50. The van der Waals surface area contributed by atoms with Crippen LogP contribution in [0, 0.1) is 5.41 Å². The Morgan fingerprint density at radius 1 is 1.00 bits per heavy atom. The topological polar surface area (TPSA) is 20.3 Å². The van der Waals surface area contributed by atoms with Crippen molar-refractivity contribution in [1.82, 2.24) is 4.90 Å². The fourth-order valence-electron chi connectivity index (χ4n) is 1.50. The second-order valence-corrected chi connectivity index (χ2v) is 6.97. The molecule has 1 aliphatic heterocycles. The van der Waals surface area contributed by atoms with Gasteiger partial charge in [-0.2, -0.15) is 0 Å². The third-order valence-corrected chi connectivity index (χ3v) is 1.86. The van der Waals surface area contributed by atoms with Crippen LogP contribution < -0.4 is 0 Å². The highest BCUT2D eigenvalue weighted by Gasteiger charge is 2.32. The second kappa shape index (κ2) is 5.03. The van der Waals surface area contributed by atoms with Crippen LogP contribution in [0.5, 0.6) is 0 Å². The molecule has 0 unspecified atom stereocenters. The molecule has 0 aliphatic carbocycles. The lowest BCUT2D eigenvalue weighted by atomic mass is 10.0. The van der Waals surface area contributed by atoms with E-state index in [0.29, 0.717) is 11.8 Å². The van der Waals surface area contributed by atoms with Crippen molar-refractivity contribution in [3.05, 3.63) is 12.3 Å². The first-order valence-electron chi connectivity index (χ1n) is 5.94. The third kappa shape index (κ3) is 5.94. The Morgan fingerprint density at radius 2 is 1.38 bits per heavy atom. The maximum absolute atomic E-state index is 11.3. The van der Waals surface area contributed by atoms with Crippen molar-refractivity contribution >= 4 is 5.91 Å². The lowest BCUT2D eigenvalue weighted by Crippen LogP contribution is -2.40. The molecule has 2 nitrogen and oxygen atoms in total. The van der Waals surface area contributed by atoms with Crippen molar-refractivity contribution in [2.75, 3.05) is 0 Å². The number of nitrogens with zero attached hydrogens (tertiary/aromatic N) is 1. The number of amides is 1. The molecule has 1 rings (SSSR count). The standard InChI is InChI=1S/C9H15NO.C5H12/c1-7-5-6-8(11)10(7)9(2,3)4;1-5(2,3)4/h1,5-6H2,2-4H3;1-4H3. The number of hydrogen-bond donors (Lipinski definition) is 0. The maximum Gasteiger partial charge on any atom is 0.227 e. The summed E-state index contributed by atoms with van der Waals surface area (Å²) in [6.07, 6.45) is 1.46. The highest BCUT2D eigenvalue weighted by atomic mass is 16.2. The highest BCUT2D eigenvalue weighted by Crippen LogP contribution is 2.28. The van der Waals surface area contributed by atoms with Crippen molar-refractivity contribution in [3.8, 4) is 0 Å². The van der Waals surface area contributed by atoms with E-state index in [0.717, 1.165) is 12.1 Å². The number of carbonyl (C=O) groups excluding carboxylic acids is 1. The normalized spacial score (nSPS) is 17.3. The van der Waals surface area contributed by atoms with E-state index in [1.807, 2.05) is 20.8 Å². The van der Waals surface area contributed by atoms with E-state index in [-0.39, 0.29) is 11.4 Å². The molecule has 0 radical (unpaired) electrons. The van der Waals surface area contributed by atoms with Crippen LogP contribution in [0.3, 0.4) is 0 Å². The Hall–Kier alpha value is -0.790. The van der Waals surface area contributed by atoms with Gasteiger partial charge in [0.25, 0.3) is 0 Å². The molecule has 1 saturated heterocycles. The van der Waals surface area contributed by atoms with Crippen LogP contribution in [0.25, 0.3) is 0 Å². The van der Waals surface area contributed by atoms with Crippen LogP contribution in [0.4, 0.5) is 0 Å². The van der Waals surface area contributed by atoms with E-state index in [4.69, 9.17) is 0 Å². The van der Waals surface area contributed by atoms with Gasteiger partial charge in [-0.25, -0.2) is 0 Å². The molecule has 0 N–H and O–H groups in total. The minimum Gasteiger partial charge on any atom is -0.312 e. The van der Waals surface area contributed by atoms with E-state index >= 15 is 0 Å². The van der Waals surface area contributed by atoms with Crippen LogP contribution in [-0.2, 0) is 4.79 Å². The van der Waals surface area contributed by atoms with Crippen LogP contribution in [0.1, 0.15) is 61.3 Å². The van der Waals surface area contributed by atoms with Crippen molar-refractivity contribution in [1.29, 1.82) is 0 Å². The largest absolute Gasteiger partial charge is 0.312 e. The van der Waals surface area contributed by atoms with Crippen molar-refractivity contribution in [3.63, 3.8) is 0 Å². The summed E-state index contributed by atoms with van der Waals surface area (Å²) in [4.78, 5) is 13.1. The number of hydrogen-bond acceptors (Lipinski definition) is 1. The Morgan fingerprint density at radius 3 is 1.50 bits per heavy atom. The number of allylic oxidation sites excluding steroid dienone is 1. The predicted molar refractivity (Wildman–Crippen MR) is 70.1 cm³/mol. The summed E-state index contributed by atoms with van der Waals surface area (Å²) < 4.78 is 0. The van der Waals surface area contributed by atoms with Gasteiger partial charge in [0.2, 0.25) is 5.91 Å². The molecule has 0 atom stereocenters. The van der Waals surface area contributed by atoms with Gasteiger partial charge >= 0.3 is 0 Å². The monoisotopic (exact) mass is 225 g/mol. The van der Waals surface area contributed by atoms with E-state index in [1.54, 1.807) is 4.90 Å². The summed E-state index contributed by atoms with van der Waals surface area (Å²) in [7, 11) is 0. The molecular weight excluding hydrogens is 198 g/mol. The van der Waals surface area contributed by atoms with E-state index < -0.39 is 0 Å². The zero-order valence-electron chi connectivity index (χ0n) is 12.0. The molecule has 1 amide bonds. The molecule has 1 fully saturated rings. The summed E-state index contributed by atoms with van der Waals surface area (Å²) in [6.45, 7) is 18.7. The SMILES string of the molecule is C=C1CCC(=O)N1C(C)(C)C.CC(C)(C)C. The van der Waals surface area contributed by atoms with Gasteiger partial charge in [-0.1, -0.05) is 34.3 Å². The Kier molecular flexibility index (Phi) is 4.78. The second-order valence-electron chi connectivity index (χ2n) is 6.97. The minimum absolute atomic E-state index is 0.0926. The molecular formula is C14H27NO. The van der Waals surface area contributed by atoms with Crippen molar-refractivity contribution in [2.24, 2.45) is 5.41 Å². The third-order valence-electron chi connectivity index (χ3n) is 1.86.